The molecule has 0 amide bonds. The van der Waals surface area contributed by atoms with Crippen molar-refractivity contribution in [2.75, 3.05) is 0 Å². The minimum atomic E-state index is -0.323. The molecule has 2 heterocycles. The van der Waals surface area contributed by atoms with Crippen LogP contribution in [-0.4, -0.2) is 20.2 Å². The fourth-order valence-electron chi connectivity index (χ4n) is 2.81. The Bertz CT molecular complexity index is 974. The summed E-state index contributed by atoms with van der Waals surface area (Å²) in [5.41, 5.74) is 10.9. The normalized spacial score (nSPS) is 12.6. The maximum Gasteiger partial charge on any atom is 0.124 e. The largest absolute Gasteiger partial charge is 0.341 e. The first kappa shape index (κ1) is 14.6. The molecule has 1 unspecified atom stereocenters. The Balaban J connectivity index is 1.62. The number of hydrogen-bond acceptors (Lipinski definition) is 3. The van der Waals surface area contributed by atoms with Crippen molar-refractivity contribution < 1.29 is 4.39 Å². The van der Waals surface area contributed by atoms with E-state index in [0.29, 0.717) is 12.2 Å². The van der Waals surface area contributed by atoms with E-state index < -0.39 is 0 Å². The third-order valence-electron chi connectivity index (χ3n) is 4.03. The number of imidazole rings is 1. The van der Waals surface area contributed by atoms with Crippen LogP contribution in [0, 0.1) is 5.82 Å². The van der Waals surface area contributed by atoms with Gasteiger partial charge >= 0.3 is 0 Å². The Hall–Kier alpha value is -2.99. The van der Waals surface area contributed by atoms with Gasteiger partial charge < -0.3 is 10.7 Å². The number of aromatic amines is 2. The number of aromatic nitrogens is 4. The summed E-state index contributed by atoms with van der Waals surface area (Å²) in [6.07, 6.45) is 4.13. The number of benzene rings is 2. The van der Waals surface area contributed by atoms with Gasteiger partial charge in [0, 0.05) is 11.8 Å². The molecule has 0 radical (unpaired) electrons. The summed E-state index contributed by atoms with van der Waals surface area (Å²) in [5, 5.41) is 6.77. The molecule has 2 aromatic carbocycles. The van der Waals surface area contributed by atoms with E-state index in [1.165, 1.54) is 12.1 Å². The molecule has 0 saturated heterocycles. The molecule has 2 aromatic heterocycles. The fourth-order valence-corrected chi connectivity index (χ4v) is 2.81. The van der Waals surface area contributed by atoms with Crippen LogP contribution in [0.4, 0.5) is 4.39 Å². The zero-order valence-electron chi connectivity index (χ0n) is 12.8. The summed E-state index contributed by atoms with van der Waals surface area (Å²) in [6, 6.07) is 12.1. The van der Waals surface area contributed by atoms with Gasteiger partial charge in [0.2, 0.25) is 0 Å². The predicted molar refractivity (Wildman–Crippen MR) is 90.7 cm³/mol. The highest BCUT2D eigenvalue weighted by Crippen LogP contribution is 2.24. The number of hydrogen-bond donors (Lipinski definition) is 3. The number of nitrogens with two attached hydrogens (primary N) is 1. The van der Waals surface area contributed by atoms with Crippen LogP contribution in [0.15, 0.2) is 54.9 Å². The molecule has 1 atom stereocenters. The van der Waals surface area contributed by atoms with Crippen LogP contribution in [0.5, 0.6) is 0 Å². The zero-order chi connectivity index (χ0) is 16.5. The van der Waals surface area contributed by atoms with Crippen molar-refractivity contribution in [3.05, 3.63) is 72.1 Å². The first-order chi connectivity index (χ1) is 11.7. The van der Waals surface area contributed by atoms with Gasteiger partial charge in [-0.3, -0.25) is 5.10 Å². The molecular weight excluding hydrogens is 305 g/mol. The van der Waals surface area contributed by atoms with Crippen LogP contribution in [0.25, 0.3) is 22.2 Å². The molecule has 6 heteroatoms. The van der Waals surface area contributed by atoms with Crippen molar-refractivity contribution in [2.45, 2.75) is 12.5 Å². The molecule has 4 aromatic rings. The third kappa shape index (κ3) is 2.79. The topological polar surface area (TPSA) is 83.4 Å². The van der Waals surface area contributed by atoms with Crippen molar-refractivity contribution in [3.8, 4) is 11.1 Å². The van der Waals surface area contributed by atoms with Gasteiger partial charge in [-0.1, -0.05) is 18.2 Å². The highest BCUT2D eigenvalue weighted by molar-refractivity contribution is 5.81. The Morgan fingerprint density at radius 2 is 2.04 bits per heavy atom. The highest BCUT2D eigenvalue weighted by Gasteiger charge is 2.13. The van der Waals surface area contributed by atoms with Crippen LogP contribution < -0.4 is 5.73 Å². The van der Waals surface area contributed by atoms with E-state index in [4.69, 9.17) is 5.73 Å². The van der Waals surface area contributed by atoms with E-state index in [-0.39, 0.29) is 11.9 Å². The van der Waals surface area contributed by atoms with E-state index in [2.05, 4.69) is 20.2 Å². The number of H-pyrrole nitrogens is 2. The number of nitrogens with one attached hydrogen (secondary N) is 2. The van der Waals surface area contributed by atoms with Crippen molar-refractivity contribution >= 4 is 11.0 Å². The maximum absolute atomic E-state index is 13.3. The van der Waals surface area contributed by atoms with Crippen molar-refractivity contribution in [1.29, 1.82) is 0 Å². The van der Waals surface area contributed by atoms with Crippen molar-refractivity contribution in [3.63, 3.8) is 0 Å². The SMILES string of the molecule is NC(Cc1cccc(F)c1)c1nc2ccc(-c3cn[nH]c3)cc2[nH]1. The Labute approximate surface area is 137 Å². The van der Waals surface area contributed by atoms with E-state index in [9.17, 15) is 4.39 Å². The fraction of sp³-hybridized carbons (Fsp3) is 0.111. The molecule has 4 rings (SSSR count). The average molecular weight is 321 g/mol. The summed E-state index contributed by atoms with van der Waals surface area (Å²) in [4.78, 5) is 7.83. The molecule has 0 aliphatic carbocycles. The molecule has 0 fully saturated rings. The molecular formula is C18H16FN5. The second-order valence-corrected chi connectivity index (χ2v) is 5.78. The van der Waals surface area contributed by atoms with Crippen molar-refractivity contribution in [2.24, 2.45) is 5.73 Å². The first-order valence-corrected chi connectivity index (χ1v) is 7.68. The molecule has 24 heavy (non-hydrogen) atoms. The maximum atomic E-state index is 13.3. The Morgan fingerprint density at radius 1 is 1.12 bits per heavy atom. The van der Waals surface area contributed by atoms with Gasteiger partial charge in [-0.2, -0.15) is 5.10 Å². The van der Waals surface area contributed by atoms with E-state index >= 15 is 0 Å². The highest BCUT2D eigenvalue weighted by atomic mass is 19.1. The Kier molecular flexibility index (Phi) is 3.59. The van der Waals surface area contributed by atoms with Gasteiger partial charge in [0.1, 0.15) is 11.6 Å². The molecule has 120 valence electrons. The van der Waals surface area contributed by atoms with Crippen LogP contribution in [0.2, 0.25) is 0 Å². The zero-order valence-corrected chi connectivity index (χ0v) is 12.8. The first-order valence-electron chi connectivity index (χ1n) is 7.68. The molecule has 5 nitrogen and oxygen atoms in total. The minimum absolute atomic E-state index is 0.256. The van der Waals surface area contributed by atoms with E-state index in [1.807, 2.05) is 30.5 Å². The van der Waals surface area contributed by atoms with Gasteiger partial charge in [0.25, 0.3) is 0 Å². The summed E-state index contributed by atoms with van der Waals surface area (Å²) in [5.74, 6) is 0.438. The third-order valence-corrected chi connectivity index (χ3v) is 4.03. The van der Waals surface area contributed by atoms with Crippen LogP contribution in [0.3, 0.4) is 0 Å². The molecule has 0 aliphatic heterocycles. The van der Waals surface area contributed by atoms with Crippen LogP contribution in [0.1, 0.15) is 17.4 Å². The second-order valence-electron chi connectivity index (χ2n) is 5.78. The molecule has 0 spiro atoms. The average Bonchev–Trinajstić information content (AvgIpc) is 3.23. The lowest BCUT2D eigenvalue weighted by atomic mass is 10.1. The van der Waals surface area contributed by atoms with Gasteiger partial charge in [0.15, 0.2) is 0 Å². The second kappa shape index (κ2) is 5.90. The van der Waals surface area contributed by atoms with Crippen LogP contribution >= 0.6 is 0 Å². The summed E-state index contributed by atoms with van der Waals surface area (Å²) in [7, 11) is 0. The molecule has 0 bridgehead atoms. The number of fused-ring (bicyclic) bond motifs is 1. The molecule has 0 saturated carbocycles. The minimum Gasteiger partial charge on any atom is -0.341 e. The summed E-state index contributed by atoms with van der Waals surface area (Å²) < 4.78 is 13.3. The number of nitrogens with zero attached hydrogens (tertiary/aromatic N) is 2. The van der Waals surface area contributed by atoms with Crippen molar-refractivity contribution in [1.82, 2.24) is 20.2 Å². The Morgan fingerprint density at radius 3 is 2.83 bits per heavy atom. The summed E-state index contributed by atoms with van der Waals surface area (Å²) in [6.45, 7) is 0. The lowest BCUT2D eigenvalue weighted by Crippen LogP contribution is -2.15. The van der Waals surface area contributed by atoms with Gasteiger partial charge in [-0.25, -0.2) is 9.37 Å². The van der Waals surface area contributed by atoms with Gasteiger partial charge in [-0.15, -0.1) is 0 Å². The number of halogens is 1. The molecule has 4 N–H and O–H groups in total. The standard InChI is InChI=1S/C18H16FN5/c19-14-3-1-2-11(6-14)7-15(20)18-23-16-5-4-12(8-17(16)24-18)13-9-21-22-10-13/h1-6,8-10,15H,7,20H2,(H,21,22)(H,23,24). The predicted octanol–water partition coefficient (Wildman–Crippen LogP) is 3.33. The smallest absolute Gasteiger partial charge is 0.124 e. The monoisotopic (exact) mass is 321 g/mol. The van der Waals surface area contributed by atoms with E-state index in [1.54, 1.807) is 12.3 Å². The quantitative estimate of drug-likeness (QED) is 0.539. The molecule has 0 aliphatic rings. The summed E-state index contributed by atoms with van der Waals surface area (Å²) >= 11 is 0. The van der Waals surface area contributed by atoms with E-state index in [0.717, 1.165) is 27.7 Å². The van der Waals surface area contributed by atoms with Crippen LogP contribution in [-0.2, 0) is 6.42 Å². The van der Waals surface area contributed by atoms with Gasteiger partial charge in [0.05, 0.1) is 23.3 Å². The number of rotatable bonds is 4. The van der Waals surface area contributed by atoms with Gasteiger partial charge in [-0.05, 0) is 41.8 Å². The lowest BCUT2D eigenvalue weighted by Gasteiger charge is -2.08. The lowest BCUT2D eigenvalue weighted by molar-refractivity contribution is 0.619.